The van der Waals surface area contributed by atoms with Crippen molar-refractivity contribution in [1.82, 2.24) is 10.2 Å². The molecular weight excluding hydrogens is 380 g/mol. The Bertz CT molecular complexity index is 844. The maximum Gasteiger partial charge on any atom is 0.268 e. The summed E-state index contributed by atoms with van der Waals surface area (Å²) in [6, 6.07) is 5.63. The molecule has 0 bridgehead atoms. The second-order valence-corrected chi connectivity index (χ2v) is 8.78. The highest BCUT2D eigenvalue weighted by Crippen LogP contribution is 2.34. The Balaban J connectivity index is 1.62. The third kappa shape index (κ3) is 5.68. The largest absolute Gasteiger partial charge is 0.450 e. The highest BCUT2D eigenvalue weighted by atomic mass is 32.2. The lowest BCUT2D eigenvalue weighted by Gasteiger charge is -2.19. The molecule has 0 aromatic carbocycles. The first-order chi connectivity index (χ1) is 13.2. The van der Waals surface area contributed by atoms with Gasteiger partial charge in [0.05, 0.1) is 0 Å². The normalized spacial score (nSPS) is 15.5. The van der Waals surface area contributed by atoms with E-state index in [1.807, 2.05) is 12.1 Å². The molecule has 1 aliphatic rings. The molecule has 0 spiro atoms. The van der Waals surface area contributed by atoms with Crippen LogP contribution in [-0.4, -0.2) is 21.4 Å². The Hall–Kier alpha value is -2.11. The quantitative estimate of drug-likeness (QED) is 0.514. The average Bonchev–Trinajstić information content (AvgIpc) is 3.30. The van der Waals surface area contributed by atoms with Gasteiger partial charge in [-0.2, -0.15) is 5.26 Å². The Morgan fingerprint density at radius 3 is 2.96 bits per heavy atom. The van der Waals surface area contributed by atoms with Crippen LogP contribution in [0.3, 0.4) is 0 Å². The summed E-state index contributed by atoms with van der Waals surface area (Å²) in [5.41, 5.74) is -0.0224. The van der Waals surface area contributed by atoms with Crippen LogP contribution in [0.15, 0.2) is 27.2 Å². The topological polar surface area (TPSA) is 91.8 Å². The van der Waals surface area contributed by atoms with Gasteiger partial charge in [-0.3, -0.25) is 10.1 Å². The molecule has 6 nitrogen and oxygen atoms in total. The zero-order chi connectivity index (χ0) is 19.1. The van der Waals surface area contributed by atoms with E-state index in [1.54, 1.807) is 17.8 Å². The molecule has 1 saturated carbocycles. The third-order valence-electron chi connectivity index (χ3n) is 4.24. The lowest BCUT2D eigenvalue weighted by Crippen LogP contribution is -2.13. The molecule has 0 atom stereocenters. The van der Waals surface area contributed by atoms with Crippen molar-refractivity contribution in [3.8, 4) is 6.07 Å². The number of amides is 1. The molecule has 1 N–H and O–H groups in total. The van der Waals surface area contributed by atoms with Crippen molar-refractivity contribution >= 4 is 40.2 Å². The van der Waals surface area contributed by atoms with Gasteiger partial charge in [-0.25, -0.2) is 0 Å². The molecule has 142 valence electrons. The Labute approximate surface area is 167 Å². The molecule has 1 aliphatic carbocycles. The maximum atomic E-state index is 12.3. The molecule has 0 saturated heterocycles. The van der Waals surface area contributed by atoms with Crippen LogP contribution < -0.4 is 5.32 Å². The van der Waals surface area contributed by atoms with Crippen molar-refractivity contribution in [2.24, 2.45) is 0 Å². The van der Waals surface area contributed by atoms with Crippen molar-refractivity contribution in [3.05, 3.63) is 28.5 Å². The van der Waals surface area contributed by atoms with Gasteiger partial charge in [-0.15, -0.1) is 10.2 Å². The molecule has 0 aliphatic heterocycles. The number of hydrogen-bond donors (Lipinski definition) is 1. The summed E-state index contributed by atoms with van der Waals surface area (Å²) < 4.78 is 5.79. The number of carbonyl (C=O) groups is 1. The smallest absolute Gasteiger partial charge is 0.268 e. The van der Waals surface area contributed by atoms with E-state index >= 15 is 0 Å². The summed E-state index contributed by atoms with van der Waals surface area (Å²) in [6.07, 6.45) is 9.54. The fourth-order valence-electron chi connectivity index (χ4n) is 2.90. The highest BCUT2D eigenvalue weighted by Gasteiger charge is 2.17. The van der Waals surface area contributed by atoms with Gasteiger partial charge in [-0.05, 0) is 31.4 Å². The van der Waals surface area contributed by atoms with E-state index in [0.29, 0.717) is 16.1 Å². The molecule has 1 amide bonds. The first kappa shape index (κ1) is 19.6. The second-order valence-electron chi connectivity index (χ2n) is 6.41. The Morgan fingerprint density at radius 2 is 2.22 bits per heavy atom. The van der Waals surface area contributed by atoms with Crippen LogP contribution in [0.25, 0.3) is 6.08 Å². The fourth-order valence-corrected chi connectivity index (χ4v) is 4.92. The lowest BCUT2D eigenvalue weighted by molar-refractivity contribution is -0.112. The molecule has 2 aromatic rings. The van der Waals surface area contributed by atoms with E-state index in [-0.39, 0.29) is 5.57 Å². The van der Waals surface area contributed by atoms with E-state index in [9.17, 15) is 10.1 Å². The van der Waals surface area contributed by atoms with Gasteiger partial charge >= 0.3 is 0 Å². The summed E-state index contributed by atoms with van der Waals surface area (Å²) in [5, 5.41) is 22.6. The van der Waals surface area contributed by atoms with Gasteiger partial charge in [-0.1, -0.05) is 49.3 Å². The first-order valence-corrected chi connectivity index (χ1v) is 10.9. The monoisotopic (exact) mass is 402 g/mol. The maximum absolute atomic E-state index is 12.3. The summed E-state index contributed by atoms with van der Waals surface area (Å²) >= 11 is 3.07. The number of hydrogen-bond acceptors (Lipinski definition) is 7. The van der Waals surface area contributed by atoms with Crippen LogP contribution in [-0.2, 0) is 11.2 Å². The Kier molecular flexibility index (Phi) is 7.07. The molecule has 27 heavy (non-hydrogen) atoms. The van der Waals surface area contributed by atoms with Gasteiger partial charge in [0.15, 0.2) is 5.09 Å². The number of furan rings is 1. The summed E-state index contributed by atoms with van der Waals surface area (Å²) in [7, 11) is 0. The minimum atomic E-state index is -0.505. The molecule has 8 heteroatoms. The van der Waals surface area contributed by atoms with Crippen molar-refractivity contribution in [2.45, 2.75) is 62.2 Å². The first-order valence-electron chi connectivity index (χ1n) is 9.20. The fraction of sp³-hybridized carbons (Fsp3) is 0.474. The van der Waals surface area contributed by atoms with Crippen LogP contribution in [0.2, 0.25) is 0 Å². The third-order valence-corrected chi connectivity index (χ3v) is 6.39. The highest BCUT2D eigenvalue weighted by molar-refractivity contribution is 7.99. The van der Waals surface area contributed by atoms with E-state index in [0.717, 1.165) is 22.9 Å². The van der Waals surface area contributed by atoms with Crippen molar-refractivity contribution in [3.63, 3.8) is 0 Å². The van der Waals surface area contributed by atoms with Gasteiger partial charge in [0, 0.05) is 17.7 Å². The lowest BCUT2D eigenvalue weighted by atomic mass is 10.0. The van der Waals surface area contributed by atoms with Crippen molar-refractivity contribution in [2.75, 3.05) is 5.32 Å². The number of nitriles is 1. The van der Waals surface area contributed by atoms with E-state index in [2.05, 4.69) is 22.4 Å². The van der Waals surface area contributed by atoms with Gasteiger partial charge in [0.2, 0.25) is 5.13 Å². The number of nitrogens with zero attached hydrogens (tertiary/aromatic N) is 3. The Morgan fingerprint density at radius 1 is 1.41 bits per heavy atom. The molecule has 0 radical (unpaired) electrons. The van der Waals surface area contributed by atoms with E-state index in [1.165, 1.54) is 49.5 Å². The van der Waals surface area contributed by atoms with Crippen molar-refractivity contribution < 1.29 is 9.21 Å². The molecule has 1 fully saturated rings. The summed E-state index contributed by atoms with van der Waals surface area (Å²) in [5.74, 6) is -0.00136. The summed E-state index contributed by atoms with van der Waals surface area (Å²) in [6.45, 7) is 2.06. The van der Waals surface area contributed by atoms with Gasteiger partial charge < -0.3 is 4.42 Å². The molecule has 3 rings (SSSR count). The minimum Gasteiger partial charge on any atom is -0.450 e. The zero-order valence-corrected chi connectivity index (χ0v) is 16.9. The molecule has 2 heterocycles. The number of aryl methyl sites for hydroxylation is 1. The van der Waals surface area contributed by atoms with Crippen LogP contribution in [0.1, 0.15) is 56.2 Å². The number of anilines is 1. The molecule has 0 unspecified atom stereocenters. The van der Waals surface area contributed by atoms with Crippen LogP contribution in [0.5, 0.6) is 0 Å². The predicted octanol–water partition coefficient (Wildman–Crippen LogP) is 5.05. The number of carbonyl (C=O) groups excluding carboxylic acids is 1. The van der Waals surface area contributed by atoms with Gasteiger partial charge in [0.1, 0.15) is 22.4 Å². The SMILES string of the molecule is CCCc1nnc(NC(=O)/C(C#N)=C\c2ccc(SC3CCCCC3)o2)s1. The summed E-state index contributed by atoms with van der Waals surface area (Å²) in [4.78, 5) is 12.3. The zero-order valence-electron chi connectivity index (χ0n) is 15.2. The standard InChI is InChI=1S/C19H22N4O2S2/c1-2-6-16-22-23-19(27-16)21-18(24)13(12-20)11-14-9-10-17(25-14)26-15-7-4-3-5-8-15/h9-11,15H,2-8H2,1H3,(H,21,23,24)/b13-11-. The number of rotatable bonds is 7. The number of nitrogens with one attached hydrogen (secondary N) is 1. The van der Waals surface area contributed by atoms with E-state index < -0.39 is 5.91 Å². The van der Waals surface area contributed by atoms with Crippen molar-refractivity contribution in [1.29, 1.82) is 5.26 Å². The number of thioether (sulfide) groups is 1. The van der Waals surface area contributed by atoms with E-state index in [4.69, 9.17) is 4.42 Å². The molecule has 2 aromatic heterocycles. The van der Waals surface area contributed by atoms with Crippen LogP contribution in [0.4, 0.5) is 5.13 Å². The number of aromatic nitrogens is 2. The van der Waals surface area contributed by atoms with Crippen LogP contribution >= 0.6 is 23.1 Å². The van der Waals surface area contributed by atoms with Gasteiger partial charge in [0.25, 0.3) is 5.91 Å². The minimum absolute atomic E-state index is 0.0224. The predicted molar refractivity (Wildman–Crippen MR) is 108 cm³/mol. The molecular formula is C19H22N4O2S2. The van der Waals surface area contributed by atoms with Crippen LogP contribution in [0, 0.1) is 11.3 Å². The average molecular weight is 403 g/mol. The second kappa shape index (κ2) is 9.72.